The number of benzene rings is 1. The number of carbonyl (C=O) groups is 2. The minimum Gasteiger partial charge on any atom is -0.381 e. The fraction of sp³-hybridized carbons (Fsp3) is 0.600. The molecule has 2 heterocycles. The number of hydrogen-bond acceptors (Lipinski definition) is 3. The van der Waals surface area contributed by atoms with Gasteiger partial charge in [0.25, 0.3) is 0 Å². The maximum atomic E-state index is 12.7. The quantitative estimate of drug-likeness (QED) is 0.908. The van der Waals surface area contributed by atoms with E-state index in [9.17, 15) is 9.59 Å². The average molecular weight is 344 g/mol. The van der Waals surface area contributed by atoms with Crippen LogP contribution < -0.4 is 5.32 Å². The SMILES string of the molecule is CCc1ccccc1CC(=O)NC1CN(C(C)=O)CC12CCOCC2. The maximum absolute atomic E-state index is 12.7. The van der Waals surface area contributed by atoms with Crippen molar-refractivity contribution in [2.24, 2.45) is 5.41 Å². The molecule has 0 bridgehead atoms. The van der Waals surface area contributed by atoms with Crippen LogP contribution in [0.2, 0.25) is 0 Å². The Labute approximate surface area is 149 Å². The lowest BCUT2D eigenvalue weighted by atomic mass is 9.76. The number of carbonyl (C=O) groups excluding carboxylic acids is 2. The summed E-state index contributed by atoms with van der Waals surface area (Å²) in [6, 6.07) is 8.12. The fourth-order valence-corrected chi connectivity index (χ4v) is 4.19. The van der Waals surface area contributed by atoms with E-state index in [0.717, 1.165) is 31.4 Å². The van der Waals surface area contributed by atoms with Gasteiger partial charge in [-0.25, -0.2) is 0 Å². The first-order chi connectivity index (χ1) is 12.0. The number of likely N-dealkylation sites (tertiary alicyclic amines) is 1. The molecule has 5 heteroatoms. The van der Waals surface area contributed by atoms with Crippen molar-refractivity contribution in [1.82, 2.24) is 10.2 Å². The van der Waals surface area contributed by atoms with Gasteiger partial charge in [-0.3, -0.25) is 9.59 Å². The molecule has 5 nitrogen and oxygen atoms in total. The van der Waals surface area contributed by atoms with E-state index in [1.807, 2.05) is 23.1 Å². The van der Waals surface area contributed by atoms with Gasteiger partial charge in [-0.05, 0) is 30.4 Å². The number of amides is 2. The summed E-state index contributed by atoms with van der Waals surface area (Å²) in [6.07, 6.45) is 3.11. The van der Waals surface area contributed by atoms with Gasteiger partial charge in [0.1, 0.15) is 0 Å². The Morgan fingerprint density at radius 3 is 2.56 bits per heavy atom. The zero-order valence-corrected chi connectivity index (χ0v) is 15.2. The third-order valence-corrected chi connectivity index (χ3v) is 5.77. The molecule has 0 radical (unpaired) electrons. The second-order valence-corrected chi connectivity index (χ2v) is 7.29. The molecule has 3 rings (SSSR count). The molecule has 25 heavy (non-hydrogen) atoms. The van der Waals surface area contributed by atoms with Crippen LogP contribution >= 0.6 is 0 Å². The van der Waals surface area contributed by atoms with E-state index < -0.39 is 0 Å². The first kappa shape index (κ1) is 17.9. The molecule has 1 atom stereocenters. The Morgan fingerprint density at radius 2 is 1.92 bits per heavy atom. The normalized spacial score (nSPS) is 22.2. The lowest BCUT2D eigenvalue weighted by Crippen LogP contribution is -2.50. The van der Waals surface area contributed by atoms with Gasteiger partial charge in [0.05, 0.1) is 12.5 Å². The molecule has 136 valence electrons. The highest BCUT2D eigenvalue weighted by Gasteiger charge is 2.48. The van der Waals surface area contributed by atoms with Gasteiger partial charge in [0.15, 0.2) is 0 Å². The van der Waals surface area contributed by atoms with Crippen molar-refractivity contribution in [2.45, 2.75) is 45.6 Å². The van der Waals surface area contributed by atoms with Crippen LogP contribution in [0.15, 0.2) is 24.3 Å². The summed E-state index contributed by atoms with van der Waals surface area (Å²) >= 11 is 0. The Kier molecular flexibility index (Phi) is 5.42. The van der Waals surface area contributed by atoms with Crippen molar-refractivity contribution in [1.29, 1.82) is 0 Å². The fourth-order valence-electron chi connectivity index (χ4n) is 4.19. The third-order valence-electron chi connectivity index (χ3n) is 5.77. The minimum absolute atomic E-state index is 0.0154. The molecule has 1 aromatic rings. The predicted molar refractivity (Wildman–Crippen MR) is 96.2 cm³/mol. The van der Waals surface area contributed by atoms with Gasteiger partial charge in [-0.2, -0.15) is 0 Å². The summed E-state index contributed by atoms with van der Waals surface area (Å²) in [5, 5.41) is 3.24. The first-order valence-electron chi connectivity index (χ1n) is 9.23. The third kappa shape index (κ3) is 3.87. The Bertz CT molecular complexity index is 638. The van der Waals surface area contributed by atoms with E-state index in [4.69, 9.17) is 4.74 Å². The second kappa shape index (κ2) is 7.56. The minimum atomic E-state index is -0.0378. The highest BCUT2D eigenvalue weighted by atomic mass is 16.5. The van der Waals surface area contributed by atoms with E-state index in [2.05, 4.69) is 18.3 Å². The first-order valence-corrected chi connectivity index (χ1v) is 9.23. The van der Waals surface area contributed by atoms with Crippen LogP contribution in [-0.4, -0.2) is 49.1 Å². The monoisotopic (exact) mass is 344 g/mol. The van der Waals surface area contributed by atoms with E-state index in [0.29, 0.717) is 26.2 Å². The van der Waals surface area contributed by atoms with Crippen LogP contribution in [0.4, 0.5) is 0 Å². The number of nitrogens with zero attached hydrogens (tertiary/aromatic N) is 1. The van der Waals surface area contributed by atoms with E-state index in [1.54, 1.807) is 6.92 Å². The number of rotatable bonds is 4. The molecule has 1 spiro atoms. The molecule has 1 N–H and O–H groups in total. The smallest absolute Gasteiger partial charge is 0.224 e. The molecule has 2 amide bonds. The maximum Gasteiger partial charge on any atom is 0.224 e. The van der Waals surface area contributed by atoms with Gasteiger partial charge in [-0.15, -0.1) is 0 Å². The van der Waals surface area contributed by atoms with Crippen molar-refractivity contribution in [2.75, 3.05) is 26.3 Å². The second-order valence-electron chi connectivity index (χ2n) is 7.29. The number of aryl methyl sites for hydroxylation is 1. The van der Waals surface area contributed by atoms with E-state index in [1.165, 1.54) is 5.56 Å². The van der Waals surface area contributed by atoms with Crippen molar-refractivity contribution in [3.8, 4) is 0 Å². The molecule has 2 saturated heterocycles. The van der Waals surface area contributed by atoms with Gasteiger partial charge in [0.2, 0.25) is 11.8 Å². The Morgan fingerprint density at radius 1 is 1.24 bits per heavy atom. The highest BCUT2D eigenvalue weighted by molar-refractivity contribution is 5.80. The molecule has 1 aromatic carbocycles. The molecule has 0 aliphatic carbocycles. The predicted octanol–water partition coefficient (Wildman–Crippen LogP) is 1.94. The zero-order valence-electron chi connectivity index (χ0n) is 15.2. The Hall–Kier alpha value is -1.88. The Balaban J connectivity index is 1.71. The number of hydrogen-bond donors (Lipinski definition) is 1. The van der Waals surface area contributed by atoms with Gasteiger partial charge in [-0.1, -0.05) is 31.2 Å². The van der Waals surface area contributed by atoms with Crippen molar-refractivity contribution in [3.05, 3.63) is 35.4 Å². The van der Waals surface area contributed by atoms with Crippen molar-refractivity contribution < 1.29 is 14.3 Å². The van der Waals surface area contributed by atoms with Crippen LogP contribution in [0.25, 0.3) is 0 Å². The summed E-state index contributed by atoms with van der Waals surface area (Å²) < 4.78 is 5.52. The van der Waals surface area contributed by atoms with Crippen LogP contribution in [-0.2, 0) is 27.2 Å². The van der Waals surface area contributed by atoms with Gasteiger partial charge >= 0.3 is 0 Å². The molecule has 2 fully saturated rings. The summed E-state index contributed by atoms with van der Waals surface area (Å²) in [6.45, 7) is 6.45. The number of ether oxygens (including phenoxy) is 1. The van der Waals surface area contributed by atoms with Crippen LogP contribution in [0, 0.1) is 5.41 Å². The van der Waals surface area contributed by atoms with Crippen molar-refractivity contribution in [3.63, 3.8) is 0 Å². The lowest BCUT2D eigenvalue weighted by molar-refractivity contribution is -0.128. The largest absolute Gasteiger partial charge is 0.381 e. The standard InChI is InChI=1S/C20H28N2O3/c1-3-16-6-4-5-7-17(16)12-19(24)21-18-13-22(15(2)23)14-20(18)8-10-25-11-9-20/h4-7,18H,3,8-14H2,1-2H3,(H,21,24). The summed E-state index contributed by atoms with van der Waals surface area (Å²) in [5.41, 5.74) is 2.27. The molecule has 2 aliphatic rings. The molecule has 1 unspecified atom stereocenters. The van der Waals surface area contributed by atoms with E-state index in [-0.39, 0.29) is 23.3 Å². The van der Waals surface area contributed by atoms with Crippen LogP contribution in [0.3, 0.4) is 0 Å². The average Bonchev–Trinajstić information content (AvgIpc) is 2.94. The van der Waals surface area contributed by atoms with Crippen molar-refractivity contribution >= 4 is 11.8 Å². The lowest BCUT2D eigenvalue weighted by Gasteiger charge is -2.38. The molecular weight excluding hydrogens is 316 g/mol. The summed E-state index contributed by atoms with van der Waals surface area (Å²) in [5.74, 6) is 0.126. The molecule has 0 saturated carbocycles. The number of nitrogens with one attached hydrogen (secondary N) is 1. The molecule has 0 aromatic heterocycles. The van der Waals surface area contributed by atoms with Crippen LogP contribution in [0.1, 0.15) is 37.8 Å². The van der Waals surface area contributed by atoms with Gasteiger partial charge in [0, 0.05) is 38.6 Å². The summed E-state index contributed by atoms with van der Waals surface area (Å²) in [7, 11) is 0. The summed E-state index contributed by atoms with van der Waals surface area (Å²) in [4.78, 5) is 26.4. The van der Waals surface area contributed by atoms with Crippen LogP contribution in [0.5, 0.6) is 0 Å². The molecule has 2 aliphatic heterocycles. The van der Waals surface area contributed by atoms with E-state index >= 15 is 0 Å². The topological polar surface area (TPSA) is 58.6 Å². The zero-order chi connectivity index (χ0) is 17.9. The highest BCUT2D eigenvalue weighted by Crippen LogP contribution is 2.40. The molecular formula is C20H28N2O3. The van der Waals surface area contributed by atoms with Gasteiger partial charge < -0.3 is 15.0 Å².